The monoisotopic (exact) mass is 276 g/mol. The molecule has 5 heteroatoms. The number of rotatable bonds is 3. The van der Waals surface area contributed by atoms with Crippen LogP contribution in [0.25, 0.3) is 0 Å². The van der Waals surface area contributed by atoms with Crippen LogP contribution in [0.2, 0.25) is 5.02 Å². The van der Waals surface area contributed by atoms with E-state index in [0.29, 0.717) is 10.7 Å². The average molecular weight is 277 g/mol. The van der Waals surface area contributed by atoms with Crippen molar-refractivity contribution in [2.45, 2.75) is 26.8 Å². The van der Waals surface area contributed by atoms with Crippen LogP contribution < -0.4 is 11.1 Å². The predicted molar refractivity (Wildman–Crippen MR) is 74.9 cm³/mol. The highest BCUT2D eigenvalue weighted by Gasteiger charge is 2.17. The normalized spacial score (nSPS) is 13.5. The van der Waals surface area contributed by atoms with Gasteiger partial charge in [0.05, 0.1) is 16.6 Å². The number of anilines is 1. The van der Waals surface area contributed by atoms with Crippen molar-refractivity contribution < 1.29 is 4.79 Å². The Labute approximate surface area is 113 Å². The van der Waals surface area contributed by atoms with Gasteiger partial charge in [-0.05, 0) is 31.5 Å². The van der Waals surface area contributed by atoms with E-state index in [4.69, 9.17) is 17.3 Å². The van der Waals surface area contributed by atoms with Gasteiger partial charge in [-0.2, -0.15) is 0 Å². The SMILES string of the molecule is Cc1ccc(Cl)c(NC(=O)C(C)C(C)N)c1.Cl. The zero-order valence-electron chi connectivity index (χ0n) is 10.2. The Morgan fingerprint density at radius 3 is 2.53 bits per heavy atom. The molecule has 17 heavy (non-hydrogen) atoms. The van der Waals surface area contributed by atoms with E-state index in [0.717, 1.165) is 5.56 Å². The fraction of sp³-hybridized carbons (Fsp3) is 0.417. The molecule has 0 spiro atoms. The van der Waals surface area contributed by atoms with E-state index in [-0.39, 0.29) is 30.3 Å². The van der Waals surface area contributed by atoms with Gasteiger partial charge in [-0.25, -0.2) is 0 Å². The van der Waals surface area contributed by atoms with E-state index < -0.39 is 0 Å². The van der Waals surface area contributed by atoms with Gasteiger partial charge in [0, 0.05) is 6.04 Å². The summed E-state index contributed by atoms with van der Waals surface area (Å²) in [5, 5.41) is 3.32. The first-order chi connectivity index (χ1) is 7.41. The van der Waals surface area contributed by atoms with Crippen LogP contribution in [0.3, 0.4) is 0 Å². The molecule has 0 aliphatic heterocycles. The maximum Gasteiger partial charge on any atom is 0.228 e. The summed E-state index contributed by atoms with van der Waals surface area (Å²) in [5.41, 5.74) is 7.35. The van der Waals surface area contributed by atoms with E-state index in [1.807, 2.05) is 26.0 Å². The molecule has 0 aromatic heterocycles. The summed E-state index contributed by atoms with van der Waals surface area (Å²) in [4.78, 5) is 11.8. The van der Waals surface area contributed by atoms with Gasteiger partial charge in [0.1, 0.15) is 0 Å². The van der Waals surface area contributed by atoms with Crippen molar-refractivity contribution in [3.63, 3.8) is 0 Å². The Kier molecular flexibility index (Phi) is 6.53. The molecule has 0 fully saturated rings. The van der Waals surface area contributed by atoms with Crippen LogP contribution in [0, 0.1) is 12.8 Å². The lowest BCUT2D eigenvalue weighted by molar-refractivity contribution is -0.119. The summed E-state index contributed by atoms with van der Waals surface area (Å²) in [6.07, 6.45) is 0. The summed E-state index contributed by atoms with van der Waals surface area (Å²) in [6, 6.07) is 5.33. The van der Waals surface area contributed by atoms with Gasteiger partial charge >= 0.3 is 0 Å². The minimum atomic E-state index is -0.239. The lowest BCUT2D eigenvalue weighted by Crippen LogP contribution is -2.34. The average Bonchev–Trinajstić information content (AvgIpc) is 2.22. The van der Waals surface area contributed by atoms with Crippen molar-refractivity contribution in [2.24, 2.45) is 11.7 Å². The Morgan fingerprint density at radius 2 is 2.00 bits per heavy atom. The standard InChI is InChI=1S/C12H17ClN2O.ClH/c1-7-4-5-10(13)11(6-7)15-12(16)8(2)9(3)14;/h4-6,8-9H,14H2,1-3H3,(H,15,16);1H. The summed E-state index contributed by atoms with van der Waals surface area (Å²) >= 11 is 5.98. The van der Waals surface area contributed by atoms with Crippen molar-refractivity contribution in [3.05, 3.63) is 28.8 Å². The molecular formula is C12H18Cl2N2O. The largest absolute Gasteiger partial charge is 0.327 e. The van der Waals surface area contributed by atoms with E-state index in [1.165, 1.54) is 0 Å². The van der Waals surface area contributed by atoms with Crippen molar-refractivity contribution in [1.82, 2.24) is 0 Å². The van der Waals surface area contributed by atoms with Crippen LogP contribution in [-0.2, 0) is 4.79 Å². The Hall–Kier alpha value is -0.770. The van der Waals surface area contributed by atoms with Gasteiger partial charge in [0.2, 0.25) is 5.91 Å². The molecule has 96 valence electrons. The molecule has 3 nitrogen and oxygen atoms in total. The molecule has 2 unspecified atom stereocenters. The maximum absolute atomic E-state index is 11.8. The second-order valence-corrected chi connectivity index (χ2v) is 4.53. The molecule has 1 aromatic carbocycles. The van der Waals surface area contributed by atoms with Crippen LogP contribution >= 0.6 is 24.0 Å². The highest BCUT2D eigenvalue weighted by atomic mass is 35.5. The van der Waals surface area contributed by atoms with Gasteiger partial charge in [0.25, 0.3) is 0 Å². The molecule has 1 amide bonds. The van der Waals surface area contributed by atoms with Gasteiger partial charge in [-0.15, -0.1) is 12.4 Å². The molecule has 0 radical (unpaired) electrons. The molecule has 0 aliphatic rings. The number of nitrogens with one attached hydrogen (secondary N) is 1. The van der Waals surface area contributed by atoms with E-state index in [1.54, 1.807) is 13.0 Å². The van der Waals surface area contributed by atoms with Crippen LogP contribution in [0.5, 0.6) is 0 Å². The van der Waals surface area contributed by atoms with Crippen molar-refractivity contribution in [2.75, 3.05) is 5.32 Å². The molecule has 0 aliphatic carbocycles. The fourth-order valence-electron chi connectivity index (χ4n) is 1.22. The van der Waals surface area contributed by atoms with Crippen LogP contribution in [0.15, 0.2) is 18.2 Å². The van der Waals surface area contributed by atoms with E-state index in [2.05, 4.69) is 5.32 Å². The maximum atomic E-state index is 11.8. The number of benzene rings is 1. The number of halogens is 2. The third-order valence-corrected chi connectivity index (χ3v) is 2.91. The first-order valence-corrected chi connectivity index (χ1v) is 5.62. The molecule has 0 saturated heterocycles. The fourth-order valence-corrected chi connectivity index (χ4v) is 1.39. The Morgan fingerprint density at radius 1 is 1.41 bits per heavy atom. The third-order valence-electron chi connectivity index (χ3n) is 2.58. The number of carbonyl (C=O) groups excluding carboxylic acids is 1. The Bertz CT molecular complexity index is 394. The molecule has 3 N–H and O–H groups in total. The van der Waals surface area contributed by atoms with E-state index in [9.17, 15) is 4.79 Å². The minimum Gasteiger partial charge on any atom is -0.327 e. The number of hydrogen-bond acceptors (Lipinski definition) is 2. The second-order valence-electron chi connectivity index (χ2n) is 4.12. The van der Waals surface area contributed by atoms with Crippen LogP contribution in [0.1, 0.15) is 19.4 Å². The predicted octanol–water partition coefficient (Wildman–Crippen LogP) is 2.99. The molecule has 0 saturated carbocycles. The van der Waals surface area contributed by atoms with Crippen LogP contribution in [-0.4, -0.2) is 11.9 Å². The van der Waals surface area contributed by atoms with Gasteiger partial charge in [-0.3, -0.25) is 4.79 Å². The summed E-state index contributed by atoms with van der Waals surface area (Å²) < 4.78 is 0. The number of hydrogen-bond donors (Lipinski definition) is 2. The molecule has 1 rings (SSSR count). The lowest BCUT2D eigenvalue weighted by atomic mass is 10.0. The summed E-state index contributed by atoms with van der Waals surface area (Å²) in [5.74, 6) is -0.348. The number of nitrogens with two attached hydrogens (primary N) is 1. The van der Waals surface area contributed by atoms with Gasteiger partial charge in [-0.1, -0.05) is 24.6 Å². The van der Waals surface area contributed by atoms with Crippen molar-refractivity contribution in [3.8, 4) is 0 Å². The van der Waals surface area contributed by atoms with Gasteiger partial charge in [0.15, 0.2) is 0 Å². The first-order valence-electron chi connectivity index (χ1n) is 5.24. The second kappa shape index (κ2) is 6.84. The molecule has 1 aromatic rings. The van der Waals surface area contributed by atoms with Crippen molar-refractivity contribution in [1.29, 1.82) is 0 Å². The molecular weight excluding hydrogens is 259 g/mol. The van der Waals surface area contributed by atoms with Crippen molar-refractivity contribution >= 4 is 35.6 Å². The number of aryl methyl sites for hydroxylation is 1. The minimum absolute atomic E-state index is 0. The highest BCUT2D eigenvalue weighted by molar-refractivity contribution is 6.33. The first kappa shape index (κ1) is 16.2. The molecule has 0 heterocycles. The van der Waals surface area contributed by atoms with Crippen LogP contribution in [0.4, 0.5) is 5.69 Å². The lowest BCUT2D eigenvalue weighted by Gasteiger charge is -2.16. The highest BCUT2D eigenvalue weighted by Crippen LogP contribution is 2.23. The number of amides is 1. The molecule has 0 bridgehead atoms. The summed E-state index contributed by atoms with van der Waals surface area (Å²) in [6.45, 7) is 5.55. The zero-order chi connectivity index (χ0) is 12.3. The Balaban J connectivity index is 0.00000256. The molecule has 2 atom stereocenters. The van der Waals surface area contributed by atoms with E-state index >= 15 is 0 Å². The third kappa shape index (κ3) is 4.54. The topological polar surface area (TPSA) is 55.1 Å². The number of carbonyl (C=O) groups is 1. The zero-order valence-corrected chi connectivity index (χ0v) is 11.7. The quantitative estimate of drug-likeness (QED) is 0.892. The summed E-state index contributed by atoms with van der Waals surface area (Å²) in [7, 11) is 0. The smallest absolute Gasteiger partial charge is 0.228 e. The van der Waals surface area contributed by atoms with Gasteiger partial charge < -0.3 is 11.1 Å².